The van der Waals surface area contributed by atoms with Crippen LogP contribution in [0.25, 0.3) is 0 Å². The Bertz CT molecular complexity index is 346. The lowest BCUT2D eigenvalue weighted by Gasteiger charge is -2.16. The molecule has 3 N–H and O–H groups in total. The van der Waals surface area contributed by atoms with Gasteiger partial charge in [0.05, 0.1) is 0 Å². The Hall–Kier alpha value is -1.02. The molecule has 1 aliphatic rings. The van der Waals surface area contributed by atoms with E-state index >= 15 is 0 Å². The van der Waals surface area contributed by atoms with Gasteiger partial charge in [-0.3, -0.25) is 0 Å². The van der Waals surface area contributed by atoms with Gasteiger partial charge in [0.15, 0.2) is 0 Å². The smallest absolute Gasteiger partial charge is 0.119 e. The lowest BCUT2D eigenvalue weighted by molar-refractivity contribution is 0.462. The molecule has 14 heavy (non-hydrogen) atoms. The van der Waals surface area contributed by atoms with Crippen molar-refractivity contribution in [2.24, 2.45) is 5.73 Å². The van der Waals surface area contributed by atoms with Crippen molar-refractivity contribution < 1.29 is 5.11 Å². The van der Waals surface area contributed by atoms with Crippen molar-refractivity contribution in [3.8, 4) is 5.75 Å². The van der Waals surface area contributed by atoms with E-state index < -0.39 is 0 Å². The first-order valence-corrected chi connectivity index (χ1v) is 5.27. The first kappa shape index (κ1) is 9.53. The van der Waals surface area contributed by atoms with Crippen molar-refractivity contribution in [2.45, 2.75) is 32.1 Å². The average Bonchev–Trinajstić information content (AvgIpc) is 2.64. The summed E-state index contributed by atoms with van der Waals surface area (Å²) < 4.78 is 0. The number of aryl methyl sites for hydroxylation is 1. The third-order valence-corrected chi connectivity index (χ3v) is 3.15. The molecule has 1 unspecified atom stereocenters. The van der Waals surface area contributed by atoms with Gasteiger partial charge < -0.3 is 10.8 Å². The zero-order valence-electron chi connectivity index (χ0n) is 8.59. The highest BCUT2D eigenvalue weighted by Gasteiger charge is 2.20. The SMILES string of the molecule is CC(CN)c1c(O)ccc2c1CCC2. The molecule has 0 saturated heterocycles. The van der Waals surface area contributed by atoms with E-state index in [1.165, 1.54) is 17.5 Å². The van der Waals surface area contributed by atoms with Crippen LogP contribution in [0, 0.1) is 0 Å². The van der Waals surface area contributed by atoms with E-state index in [1.807, 2.05) is 12.1 Å². The first-order chi connectivity index (χ1) is 6.74. The normalized spacial score (nSPS) is 16.7. The standard InChI is InChI=1S/C12H17NO/c1-8(7-13)12-10-4-2-3-9(10)5-6-11(12)14/h5-6,8,14H,2-4,7,13H2,1H3. The molecule has 0 radical (unpaired) electrons. The van der Waals surface area contributed by atoms with Crippen LogP contribution >= 0.6 is 0 Å². The fourth-order valence-electron chi connectivity index (χ4n) is 2.35. The fraction of sp³-hybridized carbons (Fsp3) is 0.500. The Morgan fingerprint density at radius 3 is 2.93 bits per heavy atom. The van der Waals surface area contributed by atoms with Crippen molar-refractivity contribution in [2.75, 3.05) is 6.54 Å². The van der Waals surface area contributed by atoms with E-state index in [0.29, 0.717) is 12.3 Å². The molecular weight excluding hydrogens is 174 g/mol. The molecule has 0 spiro atoms. The zero-order chi connectivity index (χ0) is 10.1. The van der Waals surface area contributed by atoms with Crippen molar-refractivity contribution >= 4 is 0 Å². The summed E-state index contributed by atoms with van der Waals surface area (Å²) in [5.74, 6) is 0.687. The Balaban J connectivity index is 2.51. The van der Waals surface area contributed by atoms with Crippen LogP contribution in [-0.4, -0.2) is 11.7 Å². The van der Waals surface area contributed by atoms with Crippen LogP contribution in [0.4, 0.5) is 0 Å². The second-order valence-corrected chi connectivity index (χ2v) is 4.13. The van der Waals surface area contributed by atoms with Crippen LogP contribution in [0.15, 0.2) is 12.1 Å². The lowest BCUT2D eigenvalue weighted by atomic mass is 9.92. The lowest BCUT2D eigenvalue weighted by Crippen LogP contribution is -2.11. The minimum Gasteiger partial charge on any atom is -0.508 e. The highest BCUT2D eigenvalue weighted by atomic mass is 16.3. The summed E-state index contributed by atoms with van der Waals surface area (Å²) in [5, 5.41) is 9.82. The van der Waals surface area contributed by atoms with Gasteiger partial charge in [0.1, 0.15) is 5.75 Å². The maximum absolute atomic E-state index is 9.82. The number of rotatable bonds is 2. The molecule has 0 heterocycles. The zero-order valence-corrected chi connectivity index (χ0v) is 8.59. The van der Waals surface area contributed by atoms with Crippen molar-refractivity contribution in [3.63, 3.8) is 0 Å². The third kappa shape index (κ3) is 1.40. The predicted octanol–water partition coefficient (Wildman–Crippen LogP) is 1.94. The molecule has 0 amide bonds. The maximum Gasteiger partial charge on any atom is 0.119 e. The molecule has 2 rings (SSSR count). The molecule has 1 aromatic rings. The quantitative estimate of drug-likeness (QED) is 0.750. The van der Waals surface area contributed by atoms with Crippen LogP contribution in [0.5, 0.6) is 5.75 Å². The summed E-state index contributed by atoms with van der Waals surface area (Å²) in [7, 11) is 0. The van der Waals surface area contributed by atoms with Crippen molar-refractivity contribution in [1.82, 2.24) is 0 Å². The van der Waals surface area contributed by atoms with Crippen LogP contribution in [0.2, 0.25) is 0 Å². The predicted molar refractivity (Wildman–Crippen MR) is 57.6 cm³/mol. The molecule has 0 saturated carbocycles. The monoisotopic (exact) mass is 191 g/mol. The highest BCUT2D eigenvalue weighted by Crippen LogP contribution is 2.35. The van der Waals surface area contributed by atoms with Crippen molar-refractivity contribution in [1.29, 1.82) is 0 Å². The van der Waals surface area contributed by atoms with E-state index in [1.54, 1.807) is 0 Å². The van der Waals surface area contributed by atoms with Crippen LogP contribution in [-0.2, 0) is 12.8 Å². The Labute approximate surface area is 84.7 Å². The van der Waals surface area contributed by atoms with Crippen LogP contribution in [0.3, 0.4) is 0 Å². The minimum absolute atomic E-state index is 0.267. The van der Waals surface area contributed by atoms with Gasteiger partial charge in [-0.15, -0.1) is 0 Å². The molecule has 0 aliphatic heterocycles. The number of phenolic OH excluding ortho intramolecular Hbond substituents is 1. The molecule has 76 valence electrons. The summed E-state index contributed by atoms with van der Waals surface area (Å²) in [6.07, 6.45) is 3.46. The van der Waals surface area contributed by atoms with Crippen LogP contribution in [0.1, 0.15) is 36.0 Å². The molecule has 2 heteroatoms. The molecule has 1 aliphatic carbocycles. The summed E-state index contributed by atoms with van der Waals surface area (Å²) in [6.45, 7) is 2.68. The van der Waals surface area contributed by atoms with Gasteiger partial charge in [-0.25, -0.2) is 0 Å². The number of nitrogens with two attached hydrogens (primary N) is 1. The van der Waals surface area contributed by atoms with E-state index in [4.69, 9.17) is 5.73 Å². The fourth-order valence-corrected chi connectivity index (χ4v) is 2.35. The molecule has 0 bridgehead atoms. The summed E-state index contributed by atoms with van der Waals surface area (Å²) in [5.41, 5.74) is 9.49. The Kier molecular flexibility index (Phi) is 2.46. The van der Waals surface area contributed by atoms with Gasteiger partial charge in [-0.2, -0.15) is 0 Å². The van der Waals surface area contributed by atoms with E-state index in [2.05, 4.69) is 6.92 Å². The number of benzene rings is 1. The van der Waals surface area contributed by atoms with Gasteiger partial charge in [-0.1, -0.05) is 13.0 Å². The van der Waals surface area contributed by atoms with E-state index in [-0.39, 0.29) is 5.92 Å². The topological polar surface area (TPSA) is 46.2 Å². The second kappa shape index (κ2) is 3.62. The minimum atomic E-state index is 0.267. The third-order valence-electron chi connectivity index (χ3n) is 3.15. The Morgan fingerprint density at radius 1 is 1.43 bits per heavy atom. The average molecular weight is 191 g/mol. The summed E-state index contributed by atoms with van der Waals surface area (Å²) >= 11 is 0. The van der Waals surface area contributed by atoms with Crippen molar-refractivity contribution in [3.05, 3.63) is 28.8 Å². The molecule has 0 fully saturated rings. The maximum atomic E-state index is 9.82. The molecule has 1 atom stereocenters. The number of fused-ring (bicyclic) bond motifs is 1. The largest absolute Gasteiger partial charge is 0.508 e. The number of phenols is 1. The Morgan fingerprint density at radius 2 is 2.21 bits per heavy atom. The van der Waals surface area contributed by atoms with Gasteiger partial charge in [0.2, 0.25) is 0 Å². The van der Waals surface area contributed by atoms with Crippen LogP contribution < -0.4 is 5.73 Å². The number of hydrogen-bond acceptors (Lipinski definition) is 2. The van der Waals surface area contributed by atoms with Gasteiger partial charge in [0, 0.05) is 5.56 Å². The molecule has 1 aromatic carbocycles. The van der Waals surface area contributed by atoms with E-state index in [0.717, 1.165) is 18.4 Å². The first-order valence-electron chi connectivity index (χ1n) is 5.27. The number of hydrogen-bond donors (Lipinski definition) is 2. The van der Waals surface area contributed by atoms with Gasteiger partial charge >= 0.3 is 0 Å². The summed E-state index contributed by atoms with van der Waals surface area (Å²) in [4.78, 5) is 0. The summed E-state index contributed by atoms with van der Waals surface area (Å²) in [6, 6.07) is 3.86. The molecule has 2 nitrogen and oxygen atoms in total. The van der Waals surface area contributed by atoms with Gasteiger partial charge in [0.25, 0.3) is 0 Å². The molecule has 0 aromatic heterocycles. The van der Waals surface area contributed by atoms with E-state index in [9.17, 15) is 5.11 Å². The highest BCUT2D eigenvalue weighted by molar-refractivity contribution is 5.48. The number of aromatic hydroxyl groups is 1. The molecular formula is C12H17NO. The second-order valence-electron chi connectivity index (χ2n) is 4.13. The van der Waals surface area contributed by atoms with Gasteiger partial charge in [-0.05, 0) is 48.9 Å².